The van der Waals surface area contributed by atoms with Crippen molar-refractivity contribution in [3.05, 3.63) is 64.5 Å². The number of hydrogen-bond donors (Lipinski definition) is 1. The number of nitrogens with zero attached hydrogens (tertiary/aromatic N) is 3. The molecule has 0 spiro atoms. The van der Waals surface area contributed by atoms with Crippen LogP contribution in [0.25, 0.3) is 11.3 Å². The molecule has 5 nitrogen and oxygen atoms in total. The van der Waals surface area contributed by atoms with E-state index in [1.807, 2.05) is 48.7 Å². The van der Waals surface area contributed by atoms with Gasteiger partial charge in [0, 0.05) is 47.0 Å². The van der Waals surface area contributed by atoms with Gasteiger partial charge in [0.1, 0.15) is 0 Å². The van der Waals surface area contributed by atoms with Gasteiger partial charge in [-0.1, -0.05) is 12.1 Å². The minimum absolute atomic E-state index is 0.111. The molecule has 2 heterocycles. The first-order valence-corrected chi connectivity index (χ1v) is 10.7. The number of nitrogens with one attached hydrogen (secondary N) is 1. The van der Waals surface area contributed by atoms with Crippen molar-refractivity contribution >= 4 is 28.6 Å². The van der Waals surface area contributed by atoms with Crippen molar-refractivity contribution in [1.82, 2.24) is 9.88 Å². The van der Waals surface area contributed by atoms with E-state index in [0.29, 0.717) is 11.6 Å². The number of aryl methyl sites for hydroxylation is 1. The van der Waals surface area contributed by atoms with Crippen molar-refractivity contribution in [2.75, 3.05) is 37.4 Å². The molecule has 150 valence electrons. The maximum Gasteiger partial charge on any atom is 0.255 e. The molecule has 0 saturated carbocycles. The molecule has 1 N–H and O–H groups in total. The van der Waals surface area contributed by atoms with Crippen molar-refractivity contribution < 1.29 is 4.79 Å². The average molecular weight is 407 g/mol. The van der Waals surface area contributed by atoms with E-state index in [9.17, 15) is 4.79 Å². The van der Waals surface area contributed by atoms with E-state index in [2.05, 4.69) is 46.3 Å². The Morgan fingerprint density at radius 1 is 1.21 bits per heavy atom. The first kappa shape index (κ1) is 19.6. The zero-order chi connectivity index (χ0) is 20.4. The second kappa shape index (κ2) is 8.35. The van der Waals surface area contributed by atoms with Crippen LogP contribution in [0.2, 0.25) is 0 Å². The molecule has 1 saturated heterocycles. The summed E-state index contributed by atoms with van der Waals surface area (Å²) in [4.78, 5) is 21.9. The van der Waals surface area contributed by atoms with E-state index < -0.39 is 0 Å². The summed E-state index contributed by atoms with van der Waals surface area (Å²) in [5.41, 5.74) is 4.51. The highest BCUT2D eigenvalue weighted by Crippen LogP contribution is 2.25. The van der Waals surface area contributed by atoms with Crippen molar-refractivity contribution in [3.8, 4) is 11.3 Å². The van der Waals surface area contributed by atoms with E-state index in [4.69, 9.17) is 0 Å². The molecule has 29 heavy (non-hydrogen) atoms. The molecule has 1 amide bonds. The molecule has 1 aliphatic heterocycles. The minimum Gasteiger partial charge on any atom is -0.370 e. The fraction of sp³-hybridized carbons (Fsp3) is 0.304. The van der Waals surface area contributed by atoms with Gasteiger partial charge in [0.2, 0.25) is 0 Å². The Balaban J connectivity index is 1.42. The maximum atomic E-state index is 12.7. The molecule has 1 fully saturated rings. The lowest BCUT2D eigenvalue weighted by Crippen LogP contribution is -2.31. The molecule has 4 rings (SSSR count). The van der Waals surface area contributed by atoms with Gasteiger partial charge in [-0.15, -0.1) is 11.3 Å². The normalized spacial score (nSPS) is 16.4. The van der Waals surface area contributed by atoms with E-state index in [0.717, 1.165) is 35.0 Å². The van der Waals surface area contributed by atoms with Crippen LogP contribution in [0.1, 0.15) is 21.8 Å². The molecule has 0 aliphatic carbocycles. The summed E-state index contributed by atoms with van der Waals surface area (Å²) in [5.74, 6) is -0.111. The molecule has 0 bridgehead atoms. The van der Waals surface area contributed by atoms with Crippen molar-refractivity contribution in [3.63, 3.8) is 0 Å². The number of rotatable bonds is 5. The standard InChI is InChI=1S/C23H26N4OS/c1-16-24-22(15-29-16)17-5-4-6-18(13-17)23(28)25-19-7-9-20(10-8-19)27-12-11-21(14-27)26(2)3/h4-10,13,15,21H,11-12,14H2,1-3H3,(H,25,28). The summed E-state index contributed by atoms with van der Waals surface area (Å²) in [6, 6.07) is 16.3. The first-order valence-electron chi connectivity index (χ1n) is 9.85. The summed E-state index contributed by atoms with van der Waals surface area (Å²) in [7, 11) is 4.27. The Hall–Kier alpha value is -2.70. The van der Waals surface area contributed by atoms with Gasteiger partial charge in [-0.25, -0.2) is 4.98 Å². The Morgan fingerprint density at radius 3 is 2.66 bits per heavy atom. The van der Waals surface area contributed by atoms with Crippen LogP contribution in [0, 0.1) is 6.92 Å². The quantitative estimate of drug-likeness (QED) is 0.677. The summed E-state index contributed by atoms with van der Waals surface area (Å²) in [5, 5.41) is 6.04. The topological polar surface area (TPSA) is 48.5 Å². The maximum absolute atomic E-state index is 12.7. The number of amides is 1. The molecule has 1 unspecified atom stereocenters. The zero-order valence-electron chi connectivity index (χ0n) is 17.1. The Kier molecular flexibility index (Phi) is 5.65. The Labute approximate surface area is 176 Å². The molecule has 1 atom stereocenters. The smallest absolute Gasteiger partial charge is 0.255 e. The van der Waals surface area contributed by atoms with Crippen molar-refractivity contribution in [2.24, 2.45) is 0 Å². The third-order valence-corrected chi connectivity index (χ3v) is 6.20. The summed E-state index contributed by atoms with van der Waals surface area (Å²) >= 11 is 1.61. The number of anilines is 2. The molecule has 3 aromatic rings. The molecule has 2 aromatic carbocycles. The molecular weight excluding hydrogens is 380 g/mol. The lowest BCUT2D eigenvalue weighted by Gasteiger charge is -2.22. The van der Waals surface area contributed by atoms with Gasteiger partial charge >= 0.3 is 0 Å². The fourth-order valence-corrected chi connectivity index (χ4v) is 4.29. The van der Waals surface area contributed by atoms with Crippen LogP contribution in [-0.2, 0) is 0 Å². The Morgan fingerprint density at radius 2 is 2.00 bits per heavy atom. The van der Waals surface area contributed by atoms with Crippen molar-refractivity contribution in [1.29, 1.82) is 0 Å². The van der Waals surface area contributed by atoms with Gasteiger partial charge in [0.15, 0.2) is 0 Å². The highest BCUT2D eigenvalue weighted by Gasteiger charge is 2.24. The third-order valence-electron chi connectivity index (χ3n) is 5.42. The summed E-state index contributed by atoms with van der Waals surface area (Å²) in [6.07, 6.45) is 1.18. The molecule has 6 heteroatoms. The van der Waals surface area contributed by atoms with Crippen LogP contribution < -0.4 is 10.2 Å². The number of likely N-dealkylation sites (N-methyl/N-ethyl adjacent to an activating group) is 1. The van der Waals surface area contributed by atoms with Crippen LogP contribution in [0.15, 0.2) is 53.9 Å². The van der Waals surface area contributed by atoms with Crippen LogP contribution in [0.3, 0.4) is 0 Å². The van der Waals surface area contributed by atoms with Gasteiger partial charge in [-0.2, -0.15) is 0 Å². The molecule has 1 aromatic heterocycles. The molecular formula is C23H26N4OS. The summed E-state index contributed by atoms with van der Waals surface area (Å²) in [6.45, 7) is 4.09. The number of thiazole rings is 1. The molecule has 1 aliphatic rings. The van der Waals surface area contributed by atoms with Crippen molar-refractivity contribution in [2.45, 2.75) is 19.4 Å². The Bertz CT molecular complexity index is 996. The van der Waals surface area contributed by atoms with Gasteiger partial charge in [0.25, 0.3) is 5.91 Å². The predicted molar refractivity (Wildman–Crippen MR) is 121 cm³/mol. The largest absolute Gasteiger partial charge is 0.370 e. The number of carbonyl (C=O) groups excluding carboxylic acids is 1. The van der Waals surface area contributed by atoms with Gasteiger partial charge in [-0.3, -0.25) is 4.79 Å². The highest BCUT2D eigenvalue weighted by molar-refractivity contribution is 7.09. The number of hydrogen-bond acceptors (Lipinski definition) is 5. The van der Waals surface area contributed by atoms with Gasteiger partial charge < -0.3 is 15.1 Å². The summed E-state index contributed by atoms with van der Waals surface area (Å²) < 4.78 is 0. The first-order chi connectivity index (χ1) is 14.0. The van der Waals surface area contributed by atoms with Gasteiger partial charge in [0.05, 0.1) is 10.7 Å². The fourth-order valence-electron chi connectivity index (χ4n) is 3.67. The lowest BCUT2D eigenvalue weighted by molar-refractivity contribution is 0.102. The lowest BCUT2D eigenvalue weighted by atomic mass is 10.1. The zero-order valence-corrected chi connectivity index (χ0v) is 17.9. The highest BCUT2D eigenvalue weighted by atomic mass is 32.1. The van der Waals surface area contributed by atoms with Crippen LogP contribution in [0.4, 0.5) is 11.4 Å². The third kappa shape index (κ3) is 4.49. The van der Waals surface area contributed by atoms with E-state index in [1.54, 1.807) is 11.3 Å². The van der Waals surface area contributed by atoms with Gasteiger partial charge in [-0.05, 0) is 63.8 Å². The number of aromatic nitrogens is 1. The monoisotopic (exact) mass is 406 g/mol. The van der Waals surface area contributed by atoms with Crippen LogP contribution in [0.5, 0.6) is 0 Å². The van der Waals surface area contributed by atoms with E-state index >= 15 is 0 Å². The van der Waals surface area contributed by atoms with E-state index in [-0.39, 0.29) is 5.91 Å². The van der Waals surface area contributed by atoms with Crippen LogP contribution >= 0.6 is 11.3 Å². The average Bonchev–Trinajstić information content (AvgIpc) is 3.38. The minimum atomic E-state index is -0.111. The number of carbonyl (C=O) groups is 1. The number of benzene rings is 2. The van der Waals surface area contributed by atoms with Crippen LogP contribution in [-0.4, -0.2) is 49.0 Å². The molecule has 0 radical (unpaired) electrons. The van der Waals surface area contributed by atoms with E-state index in [1.165, 1.54) is 12.1 Å². The predicted octanol–water partition coefficient (Wildman–Crippen LogP) is 4.51. The second-order valence-electron chi connectivity index (χ2n) is 7.69. The SMILES string of the molecule is Cc1nc(-c2cccc(C(=O)Nc3ccc(N4CCC(N(C)C)C4)cc3)c2)cs1. The second-order valence-corrected chi connectivity index (χ2v) is 8.75.